The van der Waals surface area contributed by atoms with Crippen LogP contribution < -0.4 is 5.32 Å². The molecule has 2 rings (SSSR count). The standard InChI is InChI=1S/C13H18N2OS/c1-9-5-6-11-10(7-9)14-12(17-11)15-13(2,3)8-16-4/h5-7H,8H2,1-4H3,(H,14,15). The van der Waals surface area contributed by atoms with Crippen LogP contribution in [-0.2, 0) is 4.74 Å². The highest BCUT2D eigenvalue weighted by Crippen LogP contribution is 2.28. The molecule has 0 spiro atoms. The molecule has 92 valence electrons. The Hall–Kier alpha value is -1.13. The maximum atomic E-state index is 5.19. The first-order valence-corrected chi connectivity index (χ1v) is 6.46. The number of ether oxygens (including phenoxy) is 1. The summed E-state index contributed by atoms with van der Waals surface area (Å²) in [7, 11) is 1.71. The third-order valence-electron chi connectivity index (χ3n) is 2.49. The zero-order chi connectivity index (χ0) is 12.5. The van der Waals surface area contributed by atoms with Crippen molar-refractivity contribution in [2.45, 2.75) is 26.3 Å². The molecule has 0 saturated carbocycles. The molecule has 17 heavy (non-hydrogen) atoms. The molecule has 2 aromatic rings. The predicted molar refractivity (Wildman–Crippen MR) is 73.9 cm³/mol. The summed E-state index contributed by atoms with van der Waals surface area (Å²) in [4.78, 5) is 4.59. The van der Waals surface area contributed by atoms with E-state index in [2.05, 4.69) is 49.3 Å². The molecule has 0 amide bonds. The first-order chi connectivity index (χ1) is 8.00. The highest BCUT2D eigenvalue weighted by molar-refractivity contribution is 7.22. The van der Waals surface area contributed by atoms with Crippen LogP contribution in [0.1, 0.15) is 19.4 Å². The lowest BCUT2D eigenvalue weighted by atomic mass is 10.1. The quantitative estimate of drug-likeness (QED) is 0.902. The van der Waals surface area contributed by atoms with Crippen molar-refractivity contribution in [2.24, 2.45) is 0 Å². The Bertz CT molecular complexity index is 519. The van der Waals surface area contributed by atoms with Gasteiger partial charge in [0.15, 0.2) is 5.13 Å². The summed E-state index contributed by atoms with van der Waals surface area (Å²) >= 11 is 1.68. The number of rotatable bonds is 4. The van der Waals surface area contributed by atoms with Crippen LogP contribution >= 0.6 is 11.3 Å². The van der Waals surface area contributed by atoms with Crippen molar-refractivity contribution in [3.05, 3.63) is 23.8 Å². The Morgan fingerprint density at radius 2 is 2.18 bits per heavy atom. The average Bonchev–Trinajstić information content (AvgIpc) is 2.57. The SMILES string of the molecule is COCC(C)(C)Nc1nc2cc(C)ccc2s1. The monoisotopic (exact) mass is 250 g/mol. The van der Waals surface area contributed by atoms with E-state index >= 15 is 0 Å². The molecule has 1 aromatic heterocycles. The molecule has 0 atom stereocenters. The third kappa shape index (κ3) is 2.96. The summed E-state index contributed by atoms with van der Waals surface area (Å²) in [6, 6.07) is 6.35. The number of thiazole rings is 1. The molecule has 0 aliphatic rings. The van der Waals surface area contributed by atoms with Crippen LogP contribution in [0.3, 0.4) is 0 Å². The number of nitrogens with one attached hydrogen (secondary N) is 1. The third-order valence-corrected chi connectivity index (χ3v) is 3.45. The van der Waals surface area contributed by atoms with Gasteiger partial charge >= 0.3 is 0 Å². The van der Waals surface area contributed by atoms with Gasteiger partial charge in [-0.25, -0.2) is 4.98 Å². The lowest BCUT2D eigenvalue weighted by Crippen LogP contribution is -2.35. The van der Waals surface area contributed by atoms with Crippen LogP contribution in [0.25, 0.3) is 10.2 Å². The Kier molecular flexibility index (Phi) is 3.35. The van der Waals surface area contributed by atoms with Crippen molar-refractivity contribution >= 4 is 26.7 Å². The minimum Gasteiger partial charge on any atom is -0.382 e. The van der Waals surface area contributed by atoms with Gasteiger partial charge in [0.25, 0.3) is 0 Å². The molecule has 1 N–H and O–H groups in total. The van der Waals surface area contributed by atoms with Gasteiger partial charge in [0.05, 0.1) is 22.4 Å². The first kappa shape index (κ1) is 12.3. The average molecular weight is 250 g/mol. The molecule has 4 heteroatoms. The molecule has 0 fully saturated rings. The van der Waals surface area contributed by atoms with E-state index in [4.69, 9.17) is 4.74 Å². The van der Waals surface area contributed by atoms with E-state index in [1.807, 2.05) is 0 Å². The van der Waals surface area contributed by atoms with Gasteiger partial charge in [-0.1, -0.05) is 17.4 Å². The molecule has 3 nitrogen and oxygen atoms in total. The smallest absolute Gasteiger partial charge is 0.184 e. The first-order valence-electron chi connectivity index (χ1n) is 5.64. The summed E-state index contributed by atoms with van der Waals surface area (Å²) in [6.45, 7) is 6.95. The molecule has 0 unspecified atom stereocenters. The zero-order valence-corrected chi connectivity index (χ0v) is 11.5. The second-order valence-electron chi connectivity index (χ2n) is 4.93. The molecule has 1 heterocycles. The van der Waals surface area contributed by atoms with Crippen LogP contribution in [0.4, 0.5) is 5.13 Å². The molecular formula is C13H18N2OS. The van der Waals surface area contributed by atoms with Crippen LogP contribution in [0.15, 0.2) is 18.2 Å². The Labute approximate surface area is 106 Å². The second-order valence-corrected chi connectivity index (χ2v) is 5.96. The fourth-order valence-electron chi connectivity index (χ4n) is 1.78. The Morgan fingerprint density at radius 1 is 1.41 bits per heavy atom. The van der Waals surface area contributed by atoms with E-state index in [0.29, 0.717) is 6.61 Å². The zero-order valence-electron chi connectivity index (χ0n) is 10.7. The van der Waals surface area contributed by atoms with Crippen molar-refractivity contribution in [3.8, 4) is 0 Å². The van der Waals surface area contributed by atoms with Crippen molar-refractivity contribution in [1.29, 1.82) is 0 Å². The summed E-state index contributed by atoms with van der Waals surface area (Å²) in [5.74, 6) is 0. The van der Waals surface area contributed by atoms with Crippen molar-refractivity contribution < 1.29 is 4.74 Å². The lowest BCUT2D eigenvalue weighted by Gasteiger charge is -2.24. The highest BCUT2D eigenvalue weighted by atomic mass is 32.1. The number of benzene rings is 1. The number of aromatic nitrogens is 1. The topological polar surface area (TPSA) is 34.1 Å². The van der Waals surface area contributed by atoms with E-state index < -0.39 is 0 Å². The molecule has 1 aromatic carbocycles. The van der Waals surface area contributed by atoms with E-state index in [1.165, 1.54) is 10.3 Å². The van der Waals surface area contributed by atoms with Crippen LogP contribution in [0, 0.1) is 6.92 Å². The normalized spacial score (nSPS) is 12.0. The molecular weight excluding hydrogens is 232 g/mol. The fraction of sp³-hybridized carbons (Fsp3) is 0.462. The van der Waals surface area contributed by atoms with Gasteiger partial charge in [-0.3, -0.25) is 0 Å². The predicted octanol–water partition coefficient (Wildman–Crippen LogP) is 3.44. The number of anilines is 1. The number of nitrogens with zero attached hydrogens (tertiary/aromatic N) is 1. The van der Waals surface area contributed by atoms with Gasteiger partial charge < -0.3 is 10.1 Å². The van der Waals surface area contributed by atoms with Gasteiger partial charge in [-0.05, 0) is 38.5 Å². The van der Waals surface area contributed by atoms with E-state index in [9.17, 15) is 0 Å². The minimum atomic E-state index is -0.0995. The lowest BCUT2D eigenvalue weighted by molar-refractivity contribution is 0.158. The maximum Gasteiger partial charge on any atom is 0.184 e. The second kappa shape index (κ2) is 4.63. The Balaban J connectivity index is 2.25. The minimum absolute atomic E-state index is 0.0995. The van der Waals surface area contributed by atoms with Gasteiger partial charge in [-0.2, -0.15) is 0 Å². The molecule has 0 aliphatic carbocycles. The van der Waals surface area contributed by atoms with E-state index in [-0.39, 0.29) is 5.54 Å². The maximum absolute atomic E-state index is 5.19. The van der Waals surface area contributed by atoms with Crippen molar-refractivity contribution in [1.82, 2.24) is 4.98 Å². The van der Waals surface area contributed by atoms with Crippen molar-refractivity contribution in [2.75, 3.05) is 19.0 Å². The number of methoxy groups -OCH3 is 1. The number of aryl methyl sites for hydroxylation is 1. The number of hydrogen-bond donors (Lipinski definition) is 1. The summed E-state index contributed by atoms with van der Waals surface area (Å²) in [5, 5.41) is 4.36. The van der Waals surface area contributed by atoms with Gasteiger partial charge in [-0.15, -0.1) is 0 Å². The van der Waals surface area contributed by atoms with Crippen LogP contribution in [-0.4, -0.2) is 24.2 Å². The Morgan fingerprint density at radius 3 is 2.88 bits per heavy atom. The highest BCUT2D eigenvalue weighted by Gasteiger charge is 2.18. The van der Waals surface area contributed by atoms with Crippen molar-refractivity contribution in [3.63, 3.8) is 0 Å². The van der Waals surface area contributed by atoms with Crippen LogP contribution in [0.5, 0.6) is 0 Å². The number of hydrogen-bond acceptors (Lipinski definition) is 4. The molecule has 0 radical (unpaired) electrons. The summed E-state index contributed by atoms with van der Waals surface area (Å²) in [5.41, 5.74) is 2.20. The fourth-order valence-corrected chi connectivity index (χ4v) is 2.80. The van der Waals surface area contributed by atoms with Gasteiger partial charge in [0.2, 0.25) is 0 Å². The molecule has 0 saturated heterocycles. The van der Waals surface area contributed by atoms with Crippen LogP contribution in [0.2, 0.25) is 0 Å². The largest absolute Gasteiger partial charge is 0.382 e. The summed E-state index contributed by atoms with van der Waals surface area (Å²) in [6.07, 6.45) is 0. The van der Waals surface area contributed by atoms with E-state index in [0.717, 1.165) is 10.6 Å². The van der Waals surface area contributed by atoms with Gasteiger partial charge in [0, 0.05) is 7.11 Å². The number of fused-ring (bicyclic) bond motifs is 1. The summed E-state index contributed by atoms with van der Waals surface area (Å²) < 4.78 is 6.40. The van der Waals surface area contributed by atoms with Gasteiger partial charge in [0.1, 0.15) is 0 Å². The molecule has 0 aliphatic heterocycles. The van der Waals surface area contributed by atoms with E-state index in [1.54, 1.807) is 18.4 Å². The molecule has 0 bridgehead atoms.